The Bertz CT molecular complexity index is 438. The summed E-state index contributed by atoms with van der Waals surface area (Å²) in [6.45, 7) is 6.52. The van der Waals surface area contributed by atoms with Gasteiger partial charge in [-0.3, -0.25) is 4.98 Å². The van der Waals surface area contributed by atoms with E-state index >= 15 is 0 Å². The highest BCUT2D eigenvalue weighted by Gasteiger charge is 2.38. The van der Waals surface area contributed by atoms with Crippen LogP contribution in [0.25, 0.3) is 0 Å². The molecule has 0 fully saturated rings. The van der Waals surface area contributed by atoms with Gasteiger partial charge in [-0.1, -0.05) is 32.1 Å². The molecule has 0 saturated carbocycles. The van der Waals surface area contributed by atoms with Gasteiger partial charge in [-0.2, -0.15) is 0 Å². The van der Waals surface area contributed by atoms with Crippen LogP contribution in [-0.2, 0) is 6.42 Å². The molecule has 0 saturated heterocycles. The molecule has 0 aliphatic heterocycles. The Kier molecular flexibility index (Phi) is 2.74. The molecule has 0 bridgehead atoms. The first kappa shape index (κ1) is 11.5. The molecule has 1 aromatic heterocycles. The van der Waals surface area contributed by atoms with Gasteiger partial charge < -0.3 is 5.73 Å². The molecule has 0 radical (unpaired) electrons. The van der Waals surface area contributed by atoms with Crippen LogP contribution in [0.3, 0.4) is 0 Å². The lowest BCUT2D eigenvalue weighted by molar-refractivity contribution is 0.289. The average molecular weight is 234 g/mol. The minimum atomic E-state index is 0.117. The predicted octanol–water partition coefficient (Wildman–Crippen LogP) is 2.73. The minimum Gasteiger partial charge on any atom is -0.393 e. The largest absolute Gasteiger partial charge is 0.393 e. The second-order valence-corrected chi connectivity index (χ2v) is 5.85. The van der Waals surface area contributed by atoms with Crippen LogP contribution in [0.15, 0.2) is 12.3 Å². The summed E-state index contributed by atoms with van der Waals surface area (Å²) in [5, 5.41) is 0. The van der Waals surface area contributed by atoms with Crippen molar-refractivity contribution in [3.05, 3.63) is 29.1 Å². The fraction of sp³-hybridized carbons (Fsp3) is 0.538. The van der Waals surface area contributed by atoms with Crippen molar-refractivity contribution in [1.82, 2.24) is 4.98 Å². The van der Waals surface area contributed by atoms with E-state index in [0.717, 1.165) is 18.5 Å². The third kappa shape index (κ3) is 1.84. The molecule has 0 spiro atoms. The highest BCUT2D eigenvalue weighted by atomic mass is 32.1. The molecular weight excluding hydrogens is 216 g/mol. The molecule has 2 N–H and O–H groups in total. The topological polar surface area (TPSA) is 38.9 Å². The summed E-state index contributed by atoms with van der Waals surface area (Å²) in [4.78, 5) is 5.12. The zero-order valence-corrected chi connectivity index (χ0v) is 10.9. The Morgan fingerprint density at radius 1 is 1.56 bits per heavy atom. The van der Waals surface area contributed by atoms with Gasteiger partial charge in [0.1, 0.15) is 0 Å². The number of pyridine rings is 1. The van der Waals surface area contributed by atoms with Crippen LogP contribution < -0.4 is 5.73 Å². The maximum absolute atomic E-state index is 5.89. The molecule has 1 aliphatic rings. The SMILES string of the molecule is Cc1cnc2c(c1)CCC(C)(C)C2C(N)=S. The van der Waals surface area contributed by atoms with E-state index in [1.54, 1.807) is 0 Å². The van der Waals surface area contributed by atoms with Crippen molar-refractivity contribution in [1.29, 1.82) is 0 Å². The molecule has 1 unspecified atom stereocenters. The van der Waals surface area contributed by atoms with Crippen LogP contribution >= 0.6 is 12.2 Å². The molecule has 1 aromatic rings. The molecule has 1 heterocycles. The first-order chi connectivity index (χ1) is 7.42. The number of nitrogens with zero attached hydrogens (tertiary/aromatic N) is 1. The maximum atomic E-state index is 5.89. The number of thiocarbonyl (C=S) groups is 1. The molecule has 1 aliphatic carbocycles. The monoisotopic (exact) mass is 234 g/mol. The maximum Gasteiger partial charge on any atom is 0.0824 e. The Balaban J connectivity index is 2.54. The zero-order valence-electron chi connectivity index (χ0n) is 10.1. The van der Waals surface area contributed by atoms with Gasteiger partial charge in [0.05, 0.1) is 16.6 Å². The lowest BCUT2D eigenvalue weighted by Gasteiger charge is -2.38. The molecule has 0 amide bonds. The quantitative estimate of drug-likeness (QED) is 0.759. The molecule has 0 aromatic carbocycles. The molecule has 2 rings (SSSR count). The number of hydrogen-bond acceptors (Lipinski definition) is 2. The van der Waals surface area contributed by atoms with Crippen molar-refractivity contribution in [2.45, 2.75) is 39.5 Å². The molecule has 16 heavy (non-hydrogen) atoms. The highest BCUT2D eigenvalue weighted by molar-refractivity contribution is 7.80. The first-order valence-corrected chi connectivity index (χ1v) is 6.07. The minimum absolute atomic E-state index is 0.117. The van der Waals surface area contributed by atoms with Gasteiger partial charge in [0, 0.05) is 6.20 Å². The van der Waals surface area contributed by atoms with Gasteiger partial charge in [0.2, 0.25) is 0 Å². The van der Waals surface area contributed by atoms with Crippen LogP contribution in [0.1, 0.15) is 43.0 Å². The number of aromatic nitrogens is 1. The molecule has 2 nitrogen and oxygen atoms in total. The molecule has 86 valence electrons. The van der Waals surface area contributed by atoms with Crippen molar-refractivity contribution in [2.24, 2.45) is 11.1 Å². The fourth-order valence-electron chi connectivity index (χ4n) is 2.59. The standard InChI is InChI=1S/C13H18N2S/c1-8-6-9-4-5-13(2,3)10(12(14)16)11(9)15-7-8/h6-7,10H,4-5H2,1-3H3,(H2,14,16). The Morgan fingerprint density at radius 2 is 2.25 bits per heavy atom. The Hall–Kier alpha value is -0.960. The van der Waals surface area contributed by atoms with Gasteiger partial charge in [-0.15, -0.1) is 0 Å². The number of fused-ring (bicyclic) bond motifs is 1. The average Bonchev–Trinajstić information content (AvgIpc) is 2.16. The van der Waals surface area contributed by atoms with E-state index < -0.39 is 0 Å². The second-order valence-electron chi connectivity index (χ2n) is 5.38. The number of rotatable bonds is 1. The van der Waals surface area contributed by atoms with Gasteiger partial charge in [-0.25, -0.2) is 0 Å². The third-order valence-corrected chi connectivity index (χ3v) is 3.75. The van der Waals surface area contributed by atoms with Crippen molar-refractivity contribution >= 4 is 17.2 Å². The van der Waals surface area contributed by atoms with Gasteiger partial charge in [0.15, 0.2) is 0 Å². The smallest absolute Gasteiger partial charge is 0.0824 e. The van der Waals surface area contributed by atoms with Gasteiger partial charge >= 0.3 is 0 Å². The number of nitrogens with two attached hydrogens (primary N) is 1. The summed E-state index contributed by atoms with van der Waals surface area (Å²) in [6, 6.07) is 2.21. The summed E-state index contributed by atoms with van der Waals surface area (Å²) in [7, 11) is 0. The van der Waals surface area contributed by atoms with Crippen molar-refractivity contribution in [2.75, 3.05) is 0 Å². The zero-order chi connectivity index (χ0) is 11.9. The van der Waals surface area contributed by atoms with Gasteiger partial charge in [-0.05, 0) is 36.3 Å². The fourth-order valence-corrected chi connectivity index (χ4v) is 3.02. The molecular formula is C13H18N2S. The Morgan fingerprint density at radius 3 is 2.88 bits per heavy atom. The Labute approximate surface area is 102 Å². The van der Waals surface area contributed by atoms with E-state index in [9.17, 15) is 0 Å². The van der Waals surface area contributed by atoms with Crippen LogP contribution in [-0.4, -0.2) is 9.97 Å². The van der Waals surface area contributed by atoms with Crippen LogP contribution in [0.4, 0.5) is 0 Å². The number of aryl methyl sites for hydroxylation is 2. The summed E-state index contributed by atoms with van der Waals surface area (Å²) in [5.74, 6) is 0.117. The molecule has 1 atom stereocenters. The first-order valence-electron chi connectivity index (χ1n) is 5.66. The van der Waals surface area contributed by atoms with Crippen LogP contribution in [0.5, 0.6) is 0 Å². The van der Waals surface area contributed by atoms with E-state index in [1.165, 1.54) is 11.1 Å². The summed E-state index contributed by atoms with van der Waals surface area (Å²) in [6.07, 6.45) is 4.11. The predicted molar refractivity (Wildman–Crippen MR) is 70.6 cm³/mol. The number of hydrogen-bond donors (Lipinski definition) is 1. The van der Waals surface area contributed by atoms with Crippen molar-refractivity contribution in [3.63, 3.8) is 0 Å². The normalized spacial score (nSPS) is 22.6. The summed E-state index contributed by atoms with van der Waals surface area (Å²) < 4.78 is 0. The van der Waals surface area contributed by atoms with E-state index in [1.807, 2.05) is 6.20 Å². The van der Waals surface area contributed by atoms with Crippen molar-refractivity contribution in [3.8, 4) is 0 Å². The summed E-state index contributed by atoms with van der Waals surface area (Å²) in [5.41, 5.74) is 9.63. The van der Waals surface area contributed by atoms with Crippen LogP contribution in [0.2, 0.25) is 0 Å². The van der Waals surface area contributed by atoms with Crippen molar-refractivity contribution < 1.29 is 0 Å². The lowest BCUT2D eigenvalue weighted by Crippen LogP contribution is -2.37. The van der Waals surface area contributed by atoms with E-state index in [0.29, 0.717) is 4.99 Å². The second kappa shape index (κ2) is 3.81. The summed E-state index contributed by atoms with van der Waals surface area (Å²) >= 11 is 5.21. The lowest BCUT2D eigenvalue weighted by atomic mass is 9.68. The van der Waals surface area contributed by atoms with E-state index in [4.69, 9.17) is 18.0 Å². The molecule has 3 heteroatoms. The van der Waals surface area contributed by atoms with Gasteiger partial charge in [0.25, 0.3) is 0 Å². The van der Waals surface area contributed by atoms with E-state index in [-0.39, 0.29) is 11.3 Å². The van der Waals surface area contributed by atoms with Crippen LogP contribution in [0, 0.1) is 12.3 Å². The van der Waals surface area contributed by atoms with E-state index in [2.05, 4.69) is 31.8 Å². The third-order valence-electron chi connectivity index (χ3n) is 3.52. The highest BCUT2D eigenvalue weighted by Crippen LogP contribution is 2.44.